The number of hydrogen-bond donors (Lipinski definition) is 1. The van der Waals surface area contributed by atoms with Crippen LogP contribution in [0.2, 0.25) is 5.02 Å². The number of benzene rings is 2. The molecule has 3 heterocycles. The van der Waals surface area contributed by atoms with Gasteiger partial charge >= 0.3 is 0 Å². The summed E-state index contributed by atoms with van der Waals surface area (Å²) in [6.07, 6.45) is 5.02. The maximum Gasteiger partial charge on any atom is 0.132 e. The lowest BCUT2D eigenvalue weighted by atomic mass is 9.97. The van der Waals surface area contributed by atoms with Gasteiger partial charge in [-0.15, -0.1) is 4.80 Å². The molecule has 147 valence electrons. The molecular weight excluding hydrogens is 391 g/mol. The first-order valence-electron chi connectivity index (χ1n) is 9.48. The zero-order valence-electron chi connectivity index (χ0n) is 16.1. The average Bonchev–Trinajstić information content (AvgIpc) is 3.44. The molecule has 5 rings (SSSR count). The zero-order valence-corrected chi connectivity index (χ0v) is 16.8. The Labute approximate surface area is 172 Å². The van der Waals surface area contributed by atoms with Gasteiger partial charge in [0.15, 0.2) is 0 Å². The third-order valence-corrected chi connectivity index (χ3v) is 6.18. The Morgan fingerprint density at radius 2 is 2.07 bits per heavy atom. The Balaban J connectivity index is 1.66. The lowest BCUT2D eigenvalue weighted by Gasteiger charge is -2.36. The molecule has 1 saturated heterocycles. The van der Waals surface area contributed by atoms with Crippen LogP contribution in [0.4, 0.5) is 10.1 Å². The molecule has 4 aromatic rings. The van der Waals surface area contributed by atoms with Gasteiger partial charge in [0.25, 0.3) is 0 Å². The fourth-order valence-corrected chi connectivity index (χ4v) is 4.34. The highest BCUT2D eigenvalue weighted by Gasteiger charge is 2.42. The number of H-pyrrole nitrogens is 1. The van der Waals surface area contributed by atoms with Crippen molar-refractivity contribution in [3.63, 3.8) is 0 Å². The van der Waals surface area contributed by atoms with E-state index in [2.05, 4.69) is 33.1 Å². The summed E-state index contributed by atoms with van der Waals surface area (Å²) in [7, 11) is 0. The monoisotopic (exact) mass is 409 g/mol. The molecule has 1 fully saturated rings. The Kier molecular flexibility index (Phi) is 4.10. The highest BCUT2D eigenvalue weighted by Crippen LogP contribution is 2.43. The van der Waals surface area contributed by atoms with Gasteiger partial charge in [-0.1, -0.05) is 11.6 Å². The molecule has 1 N–H and O–H groups in total. The van der Waals surface area contributed by atoms with Crippen molar-refractivity contribution < 1.29 is 4.39 Å². The normalized spacial score (nSPS) is 19.4. The fraction of sp³-hybridized carbons (Fsp3) is 0.286. The molecule has 1 aliphatic rings. The molecule has 2 aromatic carbocycles. The molecule has 1 radical (unpaired) electrons. The van der Waals surface area contributed by atoms with E-state index in [0.717, 1.165) is 41.8 Å². The van der Waals surface area contributed by atoms with Gasteiger partial charge in [0.05, 0.1) is 34.7 Å². The van der Waals surface area contributed by atoms with E-state index in [9.17, 15) is 4.39 Å². The van der Waals surface area contributed by atoms with Crippen molar-refractivity contribution in [2.45, 2.75) is 32.2 Å². The van der Waals surface area contributed by atoms with Crippen LogP contribution in [-0.2, 0) is 5.54 Å². The molecule has 0 amide bonds. The van der Waals surface area contributed by atoms with Crippen LogP contribution in [0, 0.1) is 18.8 Å². The summed E-state index contributed by atoms with van der Waals surface area (Å²) in [6, 6.07) is 9.63. The smallest absolute Gasteiger partial charge is 0.132 e. The number of nitrogens with one attached hydrogen (secondary N) is 1. The van der Waals surface area contributed by atoms with Crippen molar-refractivity contribution in [2.24, 2.45) is 0 Å². The second kappa shape index (κ2) is 6.56. The number of rotatable bonds is 3. The number of halogens is 2. The molecule has 6 nitrogen and oxygen atoms in total. The van der Waals surface area contributed by atoms with E-state index in [0.29, 0.717) is 16.4 Å². The molecule has 29 heavy (non-hydrogen) atoms. The highest BCUT2D eigenvalue weighted by molar-refractivity contribution is 6.32. The molecule has 1 atom stereocenters. The lowest BCUT2D eigenvalue weighted by molar-refractivity contribution is 0.465. The van der Waals surface area contributed by atoms with E-state index in [1.807, 2.05) is 19.1 Å². The molecule has 2 aromatic heterocycles. The maximum atomic E-state index is 14.2. The number of aromatic amines is 1. The lowest BCUT2D eigenvalue weighted by Crippen LogP contribution is -2.40. The van der Waals surface area contributed by atoms with E-state index in [1.54, 1.807) is 12.4 Å². The van der Waals surface area contributed by atoms with E-state index in [-0.39, 0.29) is 5.82 Å². The quantitative estimate of drug-likeness (QED) is 0.538. The summed E-state index contributed by atoms with van der Waals surface area (Å²) in [4.78, 5) is 12.0. The highest BCUT2D eigenvalue weighted by atomic mass is 35.5. The molecule has 0 spiro atoms. The van der Waals surface area contributed by atoms with Crippen LogP contribution in [0.25, 0.3) is 16.7 Å². The zero-order chi connectivity index (χ0) is 20.2. The number of aromatic nitrogens is 5. The van der Waals surface area contributed by atoms with Gasteiger partial charge in [-0.3, -0.25) is 0 Å². The van der Waals surface area contributed by atoms with Gasteiger partial charge in [0, 0.05) is 17.6 Å². The standard InChI is InChI=1S/C21H19ClFN6/c1-13-15(22)5-6-16-19(13)27-20(26-16)21(2)8-3-11-28(21)18-12-14(23)4-7-17(18)29-24-9-10-25-29/h4-6,9-10,12H,3,8,11H2,1-2H3,(H,26,27)/t21-/m0/s1. The van der Waals surface area contributed by atoms with Gasteiger partial charge in [-0.05, 0) is 56.5 Å². The van der Waals surface area contributed by atoms with Crippen LogP contribution in [0.15, 0.2) is 36.7 Å². The fourth-order valence-electron chi connectivity index (χ4n) is 4.19. The molecule has 0 aliphatic carbocycles. The van der Waals surface area contributed by atoms with Crippen LogP contribution >= 0.6 is 11.6 Å². The second-order valence-electron chi connectivity index (χ2n) is 7.55. The first kappa shape index (κ1) is 18.1. The summed E-state index contributed by atoms with van der Waals surface area (Å²) < 4.78 is 14.2. The summed E-state index contributed by atoms with van der Waals surface area (Å²) in [5.74, 6) is 0.483. The average molecular weight is 410 g/mol. The van der Waals surface area contributed by atoms with Crippen molar-refractivity contribution in [1.82, 2.24) is 25.0 Å². The first-order chi connectivity index (χ1) is 14.0. The Morgan fingerprint density at radius 1 is 1.28 bits per heavy atom. The molecular formula is C21H19ClFN6. The Bertz CT molecular complexity index is 1200. The van der Waals surface area contributed by atoms with E-state index in [1.165, 1.54) is 16.9 Å². The third-order valence-electron chi connectivity index (χ3n) is 5.77. The third kappa shape index (κ3) is 2.80. The molecule has 0 unspecified atom stereocenters. The van der Waals surface area contributed by atoms with Crippen LogP contribution < -0.4 is 4.90 Å². The van der Waals surface area contributed by atoms with Crippen molar-refractivity contribution in [3.8, 4) is 5.69 Å². The largest absolute Gasteiger partial charge is 0.357 e. The summed E-state index contributed by atoms with van der Waals surface area (Å²) >= 11 is 6.28. The van der Waals surface area contributed by atoms with Gasteiger partial charge in [0.2, 0.25) is 0 Å². The SMILES string of the molecule is Cc1c(Cl)ccc2[nH]c([C@]3(C)CCCN3c3cc(F)c[c]c3-n3nccn3)nc12. The number of hydrogen-bond acceptors (Lipinski definition) is 4. The van der Waals surface area contributed by atoms with E-state index < -0.39 is 5.54 Å². The summed E-state index contributed by atoms with van der Waals surface area (Å²) in [5, 5.41) is 9.11. The Morgan fingerprint density at radius 3 is 2.86 bits per heavy atom. The minimum absolute atomic E-state index is 0.350. The van der Waals surface area contributed by atoms with Gasteiger partial charge in [-0.25, -0.2) is 9.37 Å². The topological polar surface area (TPSA) is 62.6 Å². The van der Waals surface area contributed by atoms with Crippen molar-refractivity contribution in [3.05, 3.63) is 65.0 Å². The molecule has 0 saturated carbocycles. The molecule has 0 bridgehead atoms. The molecule has 1 aliphatic heterocycles. The maximum absolute atomic E-state index is 14.2. The van der Waals surface area contributed by atoms with Gasteiger partial charge in [-0.2, -0.15) is 10.2 Å². The van der Waals surface area contributed by atoms with Crippen LogP contribution in [0.1, 0.15) is 31.2 Å². The van der Waals surface area contributed by atoms with Crippen LogP contribution in [0.3, 0.4) is 0 Å². The second-order valence-corrected chi connectivity index (χ2v) is 7.96. The number of fused-ring (bicyclic) bond motifs is 1. The van der Waals surface area contributed by atoms with Crippen LogP contribution in [-0.4, -0.2) is 31.5 Å². The van der Waals surface area contributed by atoms with Crippen molar-refractivity contribution in [2.75, 3.05) is 11.4 Å². The first-order valence-corrected chi connectivity index (χ1v) is 9.86. The number of nitrogens with zero attached hydrogens (tertiary/aromatic N) is 5. The van der Waals surface area contributed by atoms with E-state index in [4.69, 9.17) is 16.6 Å². The van der Waals surface area contributed by atoms with Crippen LogP contribution in [0.5, 0.6) is 0 Å². The number of aryl methyl sites for hydroxylation is 1. The summed E-state index contributed by atoms with van der Waals surface area (Å²) in [5.41, 5.74) is 3.60. The minimum Gasteiger partial charge on any atom is -0.357 e. The van der Waals surface area contributed by atoms with Gasteiger partial charge < -0.3 is 9.88 Å². The summed E-state index contributed by atoms with van der Waals surface area (Å²) in [6.45, 7) is 4.85. The molecule has 8 heteroatoms. The Hall–Kier alpha value is -2.93. The minimum atomic E-state index is -0.443. The van der Waals surface area contributed by atoms with Crippen molar-refractivity contribution >= 4 is 28.3 Å². The van der Waals surface area contributed by atoms with Crippen molar-refractivity contribution in [1.29, 1.82) is 0 Å². The number of anilines is 1. The number of imidazole rings is 1. The predicted molar refractivity (Wildman–Crippen MR) is 110 cm³/mol. The van der Waals surface area contributed by atoms with E-state index >= 15 is 0 Å². The van der Waals surface area contributed by atoms with Gasteiger partial charge in [0.1, 0.15) is 17.3 Å². The predicted octanol–water partition coefficient (Wildman–Crippen LogP) is 4.56.